The summed E-state index contributed by atoms with van der Waals surface area (Å²) in [4.78, 5) is 27.6. The normalized spacial score (nSPS) is 20.4. The van der Waals surface area contributed by atoms with Gasteiger partial charge in [0, 0.05) is 50.7 Å². The molecule has 2 aromatic rings. The fourth-order valence-corrected chi connectivity index (χ4v) is 5.93. The van der Waals surface area contributed by atoms with E-state index in [0.29, 0.717) is 50.8 Å². The van der Waals surface area contributed by atoms with E-state index in [-0.39, 0.29) is 28.5 Å². The molecule has 1 amide bonds. The summed E-state index contributed by atoms with van der Waals surface area (Å²) in [5.74, 6) is 0.534. The van der Waals surface area contributed by atoms with Gasteiger partial charge in [-0.05, 0) is 51.0 Å². The molecular weight excluding hydrogens is 446 g/mol. The van der Waals surface area contributed by atoms with Crippen molar-refractivity contribution in [1.82, 2.24) is 23.6 Å². The highest BCUT2D eigenvalue weighted by atomic mass is 32.2. The molecule has 11 heteroatoms. The van der Waals surface area contributed by atoms with Crippen LogP contribution < -0.4 is 5.69 Å². The molecule has 0 saturated carbocycles. The van der Waals surface area contributed by atoms with E-state index in [1.165, 1.54) is 21.1 Å². The van der Waals surface area contributed by atoms with Gasteiger partial charge in [0.05, 0.1) is 18.1 Å². The molecule has 180 valence electrons. The number of carbonyl (C=O) groups excluding carboxylic acids is 1. The van der Waals surface area contributed by atoms with Crippen molar-refractivity contribution in [3.05, 3.63) is 46.1 Å². The van der Waals surface area contributed by atoms with Gasteiger partial charge in [-0.15, -0.1) is 0 Å². The second-order valence-corrected chi connectivity index (χ2v) is 10.8. The molecule has 2 saturated heterocycles. The van der Waals surface area contributed by atoms with Crippen LogP contribution in [0.25, 0.3) is 0 Å². The van der Waals surface area contributed by atoms with Crippen molar-refractivity contribution >= 4 is 15.9 Å². The van der Waals surface area contributed by atoms with Crippen LogP contribution in [-0.2, 0) is 21.8 Å². The zero-order chi connectivity index (χ0) is 23.8. The summed E-state index contributed by atoms with van der Waals surface area (Å²) in [5.41, 5.74) is 0.291. The number of nitrogens with zero attached hydrogens (tertiary/aromatic N) is 5. The summed E-state index contributed by atoms with van der Waals surface area (Å²) in [6.45, 7) is 6.40. The van der Waals surface area contributed by atoms with Crippen LogP contribution in [0.15, 0.2) is 34.0 Å². The van der Waals surface area contributed by atoms with E-state index in [9.17, 15) is 18.0 Å². The maximum absolute atomic E-state index is 13.2. The topological polar surface area (TPSA) is 107 Å². The molecule has 0 bridgehead atoms. The molecule has 0 N–H and O–H groups in total. The van der Waals surface area contributed by atoms with Crippen LogP contribution in [0.3, 0.4) is 0 Å². The van der Waals surface area contributed by atoms with Gasteiger partial charge in [-0.3, -0.25) is 9.36 Å². The minimum Gasteiger partial charge on any atom is -0.379 e. The lowest BCUT2D eigenvalue weighted by Crippen LogP contribution is -2.41. The average Bonchev–Trinajstić information content (AvgIpc) is 3.13. The Morgan fingerprint density at radius 2 is 1.79 bits per heavy atom. The Balaban J connectivity index is 1.50. The molecule has 10 nitrogen and oxygen atoms in total. The van der Waals surface area contributed by atoms with Crippen LogP contribution in [-0.4, -0.2) is 77.3 Å². The lowest BCUT2D eigenvalue weighted by atomic mass is 9.96. The van der Waals surface area contributed by atoms with Crippen LogP contribution >= 0.6 is 0 Å². The van der Waals surface area contributed by atoms with E-state index < -0.39 is 10.0 Å². The molecule has 2 fully saturated rings. The quantitative estimate of drug-likeness (QED) is 0.641. The van der Waals surface area contributed by atoms with Gasteiger partial charge < -0.3 is 9.64 Å². The fraction of sp³-hybridized carbons (Fsp3) is 0.591. The average molecular weight is 478 g/mol. The smallest absolute Gasteiger partial charge is 0.345 e. The maximum atomic E-state index is 13.2. The van der Waals surface area contributed by atoms with Gasteiger partial charge in [0.25, 0.3) is 5.91 Å². The molecule has 33 heavy (non-hydrogen) atoms. The number of amides is 1. The Morgan fingerprint density at radius 1 is 1.12 bits per heavy atom. The molecule has 1 atom stereocenters. The van der Waals surface area contributed by atoms with Crippen LogP contribution in [0.2, 0.25) is 0 Å². The number of rotatable bonds is 5. The van der Waals surface area contributed by atoms with Crippen LogP contribution in [0.1, 0.15) is 54.8 Å². The van der Waals surface area contributed by atoms with Gasteiger partial charge >= 0.3 is 5.69 Å². The minimum atomic E-state index is -3.60. The summed E-state index contributed by atoms with van der Waals surface area (Å²) >= 11 is 0. The highest BCUT2D eigenvalue weighted by Gasteiger charge is 2.31. The Labute approximate surface area is 193 Å². The summed E-state index contributed by atoms with van der Waals surface area (Å²) < 4.78 is 35.3. The lowest BCUT2D eigenvalue weighted by Gasteiger charge is -2.32. The van der Waals surface area contributed by atoms with Gasteiger partial charge in [-0.25, -0.2) is 17.9 Å². The predicted octanol–water partition coefficient (Wildman–Crippen LogP) is 1.20. The Morgan fingerprint density at radius 3 is 2.42 bits per heavy atom. The van der Waals surface area contributed by atoms with E-state index in [2.05, 4.69) is 5.10 Å². The third-order valence-corrected chi connectivity index (χ3v) is 8.19. The lowest BCUT2D eigenvalue weighted by molar-refractivity contribution is 0.0702. The van der Waals surface area contributed by atoms with Gasteiger partial charge in [0.15, 0.2) is 0 Å². The molecule has 1 aromatic carbocycles. The van der Waals surface area contributed by atoms with Crippen molar-refractivity contribution in [3.8, 4) is 0 Å². The van der Waals surface area contributed by atoms with E-state index in [1.54, 1.807) is 28.6 Å². The fourth-order valence-electron chi connectivity index (χ4n) is 4.52. The Bertz CT molecular complexity index is 1160. The molecule has 3 heterocycles. The molecule has 0 radical (unpaired) electrons. The molecule has 4 rings (SSSR count). The number of benzene rings is 1. The molecular formula is C22H31N5O5S. The van der Waals surface area contributed by atoms with E-state index in [0.717, 1.165) is 12.8 Å². The highest BCUT2D eigenvalue weighted by Crippen LogP contribution is 2.28. The number of ether oxygens (including phenoxy) is 1. The molecule has 0 aliphatic carbocycles. The number of carbonyl (C=O) groups is 1. The predicted molar refractivity (Wildman–Crippen MR) is 122 cm³/mol. The van der Waals surface area contributed by atoms with Gasteiger partial charge in [-0.2, -0.15) is 9.40 Å². The monoisotopic (exact) mass is 477 g/mol. The first-order chi connectivity index (χ1) is 15.7. The molecule has 1 unspecified atom stereocenters. The minimum absolute atomic E-state index is 0.0202. The van der Waals surface area contributed by atoms with Crippen molar-refractivity contribution in [2.45, 2.75) is 43.5 Å². The van der Waals surface area contributed by atoms with Crippen molar-refractivity contribution < 1.29 is 17.9 Å². The highest BCUT2D eigenvalue weighted by molar-refractivity contribution is 7.89. The largest absolute Gasteiger partial charge is 0.379 e. The summed E-state index contributed by atoms with van der Waals surface area (Å²) in [6.07, 6.45) is 1.66. The standard InChI is InChI=1S/C22H31N5O5S/c1-16(2)27-20(23-24(3)22(27)29)18-5-4-10-25(15-18)21(28)17-6-8-19(9-7-17)33(30,31)26-11-13-32-14-12-26/h6-9,16,18H,4-5,10-15H2,1-3H3. The second-order valence-electron chi connectivity index (χ2n) is 8.86. The first-order valence-corrected chi connectivity index (χ1v) is 12.8. The van der Waals surface area contributed by atoms with E-state index >= 15 is 0 Å². The van der Waals surface area contributed by atoms with Crippen LogP contribution in [0.5, 0.6) is 0 Å². The van der Waals surface area contributed by atoms with Crippen molar-refractivity contribution in [1.29, 1.82) is 0 Å². The van der Waals surface area contributed by atoms with Crippen LogP contribution in [0.4, 0.5) is 0 Å². The van der Waals surface area contributed by atoms with Crippen molar-refractivity contribution in [3.63, 3.8) is 0 Å². The van der Waals surface area contributed by atoms with Gasteiger partial charge in [0.2, 0.25) is 10.0 Å². The number of piperidine rings is 1. The first-order valence-electron chi connectivity index (χ1n) is 11.3. The molecule has 2 aliphatic rings. The van der Waals surface area contributed by atoms with Gasteiger partial charge in [0.1, 0.15) is 5.82 Å². The van der Waals surface area contributed by atoms with Crippen molar-refractivity contribution in [2.75, 3.05) is 39.4 Å². The number of hydrogen-bond donors (Lipinski definition) is 0. The number of hydrogen-bond acceptors (Lipinski definition) is 6. The second kappa shape index (κ2) is 9.40. The summed E-state index contributed by atoms with van der Waals surface area (Å²) in [5, 5.41) is 4.45. The third kappa shape index (κ3) is 4.62. The van der Waals surface area contributed by atoms with E-state index in [4.69, 9.17) is 4.74 Å². The molecule has 2 aliphatic heterocycles. The maximum Gasteiger partial charge on any atom is 0.345 e. The number of aryl methyl sites for hydroxylation is 1. The summed E-state index contributed by atoms with van der Waals surface area (Å²) in [7, 11) is -1.96. The SMILES string of the molecule is CC(C)n1c(C2CCCN(C(=O)c3ccc(S(=O)(=O)N4CCOCC4)cc3)C2)nn(C)c1=O. The number of morpholine rings is 1. The third-order valence-electron chi connectivity index (χ3n) is 6.28. The van der Waals surface area contributed by atoms with E-state index in [1.807, 2.05) is 13.8 Å². The number of sulfonamides is 1. The van der Waals surface area contributed by atoms with Gasteiger partial charge in [-0.1, -0.05) is 0 Å². The first kappa shape index (κ1) is 23.7. The zero-order valence-electron chi connectivity index (χ0n) is 19.3. The Kier molecular flexibility index (Phi) is 6.73. The van der Waals surface area contributed by atoms with Crippen LogP contribution in [0, 0.1) is 0 Å². The molecule has 1 aromatic heterocycles. The van der Waals surface area contributed by atoms with Crippen molar-refractivity contribution in [2.24, 2.45) is 7.05 Å². The Hall–Kier alpha value is -2.50. The molecule has 0 spiro atoms. The summed E-state index contributed by atoms with van der Waals surface area (Å²) in [6, 6.07) is 6.12. The zero-order valence-corrected chi connectivity index (χ0v) is 20.1. The number of likely N-dealkylation sites (tertiary alicyclic amines) is 1. The number of aromatic nitrogens is 3.